The Morgan fingerprint density at radius 1 is 1.30 bits per heavy atom. The average Bonchev–Trinajstić information content (AvgIpc) is 2.46. The number of aryl methyl sites for hydroxylation is 1. The number of anilines is 1. The molecular formula is C15H18ClN3S. The molecule has 0 bridgehead atoms. The molecule has 2 aromatic rings. The van der Waals surface area contributed by atoms with Crippen LogP contribution < -0.4 is 5.32 Å². The van der Waals surface area contributed by atoms with Gasteiger partial charge in [0.25, 0.3) is 0 Å². The summed E-state index contributed by atoms with van der Waals surface area (Å²) >= 11 is 7.80. The quantitative estimate of drug-likeness (QED) is 0.627. The summed E-state index contributed by atoms with van der Waals surface area (Å²) in [5.41, 5.74) is 2.59. The maximum absolute atomic E-state index is 6.16. The van der Waals surface area contributed by atoms with Gasteiger partial charge in [0, 0.05) is 12.3 Å². The van der Waals surface area contributed by atoms with E-state index in [9.17, 15) is 0 Å². The summed E-state index contributed by atoms with van der Waals surface area (Å²) < 4.78 is 0. The van der Waals surface area contributed by atoms with Crippen molar-refractivity contribution in [2.45, 2.75) is 31.0 Å². The number of thioether (sulfide) groups is 1. The highest BCUT2D eigenvalue weighted by Crippen LogP contribution is 2.29. The van der Waals surface area contributed by atoms with Crippen molar-refractivity contribution in [2.75, 3.05) is 11.9 Å². The summed E-state index contributed by atoms with van der Waals surface area (Å²) in [6.07, 6.45) is 2.70. The van der Waals surface area contributed by atoms with Gasteiger partial charge in [0.05, 0.1) is 11.2 Å². The average molecular weight is 308 g/mol. The number of halogens is 1. The van der Waals surface area contributed by atoms with Crippen LogP contribution in [0, 0.1) is 6.92 Å². The molecule has 2 rings (SSSR count). The standard InChI is InChI=1S/C15H18ClN3S/c1-3-8-17-15-18-9-13(16)14(19-15)20-10-12-7-5-4-6-11(12)2/h4-7,9H,3,8,10H2,1-2H3,(H,17,18,19). The highest BCUT2D eigenvalue weighted by molar-refractivity contribution is 7.98. The zero-order valence-corrected chi connectivity index (χ0v) is 13.3. The van der Waals surface area contributed by atoms with E-state index in [-0.39, 0.29) is 0 Å². The second-order valence-corrected chi connectivity index (χ2v) is 5.86. The lowest BCUT2D eigenvalue weighted by molar-refractivity contribution is 0.935. The van der Waals surface area contributed by atoms with E-state index in [1.807, 2.05) is 6.07 Å². The Balaban J connectivity index is 2.07. The summed E-state index contributed by atoms with van der Waals surface area (Å²) in [6, 6.07) is 8.35. The topological polar surface area (TPSA) is 37.8 Å². The Morgan fingerprint density at radius 2 is 2.10 bits per heavy atom. The molecule has 1 aromatic heterocycles. The summed E-state index contributed by atoms with van der Waals surface area (Å²) in [7, 11) is 0. The van der Waals surface area contributed by atoms with E-state index in [2.05, 4.69) is 47.3 Å². The number of rotatable bonds is 6. The zero-order valence-electron chi connectivity index (χ0n) is 11.7. The van der Waals surface area contributed by atoms with Crippen LogP contribution >= 0.6 is 23.4 Å². The molecule has 3 nitrogen and oxygen atoms in total. The first-order valence-electron chi connectivity index (χ1n) is 6.64. The van der Waals surface area contributed by atoms with Gasteiger partial charge in [-0.3, -0.25) is 0 Å². The summed E-state index contributed by atoms with van der Waals surface area (Å²) in [4.78, 5) is 8.64. The number of nitrogens with zero attached hydrogens (tertiary/aromatic N) is 2. The van der Waals surface area contributed by atoms with E-state index < -0.39 is 0 Å². The van der Waals surface area contributed by atoms with Gasteiger partial charge in [0.2, 0.25) is 5.95 Å². The first-order valence-corrected chi connectivity index (χ1v) is 8.00. The zero-order chi connectivity index (χ0) is 14.4. The molecule has 0 spiro atoms. The molecule has 0 fully saturated rings. The van der Waals surface area contributed by atoms with Crippen LogP contribution in [0.5, 0.6) is 0 Å². The van der Waals surface area contributed by atoms with Gasteiger partial charge < -0.3 is 5.32 Å². The van der Waals surface area contributed by atoms with E-state index in [1.54, 1.807) is 18.0 Å². The van der Waals surface area contributed by atoms with E-state index in [0.29, 0.717) is 11.0 Å². The van der Waals surface area contributed by atoms with E-state index in [0.717, 1.165) is 23.7 Å². The number of benzene rings is 1. The Bertz CT molecular complexity index is 575. The first-order chi connectivity index (χ1) is 9.70. The molecule has 1 aromatic carbocycles. The fourth-order valence-electron chi connectivity index (χ4n) is 1.69. The van der Waals surface area contributed by atoms with Crippen molar-refractivity contribution < 1.29 is 0 Å². The van der Waals surface area contributed by atoms with Crippen LogP contribution in [0.4, 0.5) is 5.95 Å². The van der Waals surface area contributed by atoms with Crippen LogP contribution in [-0.2, 0) is 5.75 Å². The lowest BCUT2D eigenvalue weighted by atomic mass is 10.1. The summed E-state index contributed by atoms with van der Waals surface area (Å²) in [5.74, 6) is 1.50. The van der Waals surface area contributed by atoms with E-state index >= 15 is 0 Å². The van der Waals surface area contributed by atoms with Gasteiger partial charge in [-0.15, -0.1) is 0 Å². The molecule has 20 heavy (non-hydrogen) atoms. The van der Waals surface area contributed by atoms with Crippen LogP contribution in [-0.4, -0.2) is 16.5 Å². The molecule has 0 radical (unpaired) electrons. The third kappa shape index (κ3) is 4.12. The lowest BCUT2D eigenvalue weighted by Gasteiger charge is -2.08. The third-order valence-corrected chi connectivity index (χ3v) is 4.30. The second kappa shape index (κ2) is 7.50. The van der Waals surface area contributed by atoms with Crippen molar-refractivity contribution in [3.8, 4) is 0 Å². The molecule has 0 atom stereocenters. The van der Waals surface area contributed by atoms with Crippen LogP contribution in [0.1, 0.15) is 24.5 Å². The molecule has 0 saturated heterocycles. The molecule has 1 heterocycles. The van der Waals surface area contributed by atoms with Gasteiger partial charge in [-0.1, -0.05) is 54.6 Å². The molecular weight excluding hydrogens is 290 g/mol. The van der Waals surface area contributed by atoms with Crippen molar-refractivity contribution >= 4 is 29.3 Å². The molecule has 0 unspecified atom stereocenters. The summed E-state index contributed by atoms with van der Waals surface area (Å²) in [6.45, 7) is 5.09. The van der Waals surface area contributed by atoms with Crippen molar-refractivity contribution in [2.24, 2.45) is 0 Å². The number of aromatic nitrogens is 2. The molecule has 106 valence electrons. The Morgan fingerprint density at radius 3 is 2.85 bits per heavy atom. The van der Waals surface area contributed by atoms with Gasteiger partial charge in [-0.25, -0.2) is 9.97 Å². The van der Waals surface area contributed by atoms with Gasteiger partial charge in [-0.05, 0) is 24.5 Å². The monoisotopic (exact) mass is 307 g/mol. The Kier molecular flexibility index (Phi) is 5.68. The molecule has 1 N–H and O–H groups in total. The van der Waals surface area contributed by atoms with Crippen LogP contribution in [0.2, 0.25) is 5.02 Å². The Hall–Kier alpha value is -1.26. The molecule has 0 amide bonds. The first kappa shape index (κ1) is 15.1. The number of nitrogens with one attached hydrogen (secondary N) is 1. The minimum absolute atomic E-state index is 0.602. The SMILES string of the molecule is CCCNc1ncc(Cl)c(SCc2ccccc2C)n1. The maximum atomic E-state index is 6.16. The highest BCUT2D eigenvalue weighted by atomic mass is 35.5. The Labute approximate surface area is 129 Å². The predicted molar refractivity (Wildman–Crippen MR) is 86.6 cm³/mol. The normalized spacial score (nSPS) is 10.6. The fourth-order valence-corrected chi connectivity index (χ4v) is 2.91. The fraction of sp³-hybridized carbons (Fsp3) is 0.333. The third-order valence-electron chi connectivity index (χ3n) is 2.87. The molecule has 5 heteroatoms. The van der Waals surface area contributed by atoms with Crippen LogP contribution in [0.3, 0.4) is 0 Å². The largest absolute Gasteiger partial charge is 0.354 e. The van der Waals surface area contributed by atoms with Gasteiger partial charge in [-0.2, -0.15) is 0 Å². The molecule has 0 saturated carbocycles. The van der Waals surface area contributed by atoms with Crippen molar-refractivity contribution in [1.82, 2.24) is 9.97 Å². The van der Waals surface area contributed by atoms with Gasteiger partial charge in [0.1, 0.15) is 5.03 Å². The van der Waals surface area contributed by atoms with Gasteiger partial charge >= 0.3 is 0 Å². The minimum Gasteiger partial charge on any atom is -0.354 e. The van der Waals surface area contributed by atoms with Crippen molar-refractivity contribution in [3.63, 3.8) is 0 Å². The van der Waals surface area contributed by atoms with E-state index in [1.165, 1.54) is 11.1 Å². The van der Waals surface area contributed by atoms with Crippen LogP contribution in [0.25, 0.3) is 0 Å². The molecule has 0 aliphatic heterocycles. The number of hydrogen-bond acceptors (Lipinski definition) is 4. The second-order valence-electron chi connectivity index (χ2n) is 4.49. The van der Waals surface area contributed by atoms with Crippen molar-refractivity contribution in [1.29, 1.82) is 0 Å². The molecule has 0 aliphatic rings. The maximum Gasteiger partial charge on any atom is 0.223 e. The molecule has 0 aliphatic carbocycles. The highest BCUT2D eigenvalue weighted by Gasteiger charge is 2.07. The van der Waals surface area contributed by atoms with Gasteiger partial charge in [0.15, 0.2) is 0 Å². The van der Waals surface area contributed by atoms with Crippen molar-refractivity contribution in [3.05, 3.63) is 46.6 Å². The van der Waals surface area contributed by atoms with E-state index in [4.69, 9.17) is 11.6 Å². The smallest absolute Gasteiger partial charge is 0.223 e. The summed E-state index contributed by atoms with van der Waals surface area (Å²) in [5, 5.41) is 4.60. The lowest BCUT2D eigenvalue weighted by Crippen LogP contribution is -2.04. The predicted octanol–water partition coefficient (Wildman–Crippen LogP) is 4.55. The van der Waals surface area contributed by atoms with Crippen LogP contribution in [0.15, 0.2) is 35.5 Å². The minimum atomic E-state index is 0.602. The number of hydrogen-bond donors (Lipinski definition) is 1.